The molecule has 0 aliphatic carbocycles. The molecular formula is C18H13ClN2O6. The van der Waals surface area contributed by atoms with Gasteiger partial charge in [-0.2, -0.15) is 0 Å². The number of hydrogen-bond donors (Lipinski definition) is 2. The van der Waals surface area contributed by atoms with Crippen LogP contribution in [0.2, 0.25) is 5.02 Å². The molecule has 0 saturated heterocycles. The van der Waals surface area contributed by atoms with Crippen molar-refractivity contribution in [2.24, 2.45) is 0 Å². The number of aromatic hydroxyl groups is 1. The first-order valence-electron chi connectivity index (χ1n) is 7.69. The number of nitrogens with one attached hydrogen (secondary N) is 1. The highest BCUT2D eigenvalue weighted by molar-refractivity contribution is 6.31. The summed E-state index contributed by atoms with van der Waals surface area (Å²) in [7, 11) is 0. The Morgan fingerprint density at radius 2 is 2.00 bits per heavy atom. The Hall–Kier alpha value is -3.52. The van der Waals surface area contributed by atoms with Crippen LogP contribution in [-0.2, 0) is 6.61 Å². The number of halogens is 1. The summed E-state index contributed by atoms with van der Waals surface area (Å²) >= 11 is 5.83. The van der Waals surface area contributed by atoms with E-state index in [1.54, 1.807) is 6.07 Å². The molecule has 3 aromatic rings. The number of ether oxygens (including phenoxy) is 1. The molecule has 0 aliphatic rings. The number of amides is 1. The maximum absolute atomic E-state index is 12.2. The van der Waals surface area contributed by atoms with Crippen LogP contribution < -0.4 is 10.1 Å². The summed E-state index contributed by atoms with van der Waals surface area (Å²) in [4.78, 5) is 22.6. The summed E-state index contributed by atoms with van der Waals surface area (Å²) in [6.45, 7) is -0.0967. The van der Waals surface area contributed by atoms with Gasteiger partial charge in [0, 0.05) is 11.1 Å². The van der Waals surface area contributed by atoms with Gasteiger partial charge in [-0.3, -0.25) is 14.9 Å². The molecule has 2 N–H and O–H groups in total. The van der Waals surface area contributed by atoms with Crippen molar-refractivity contribution in [2.75, 3.05) is 5.32 Å². The Balaban J connectivity index is 1.67. The molecule has 0 unspecified atom stereocenters. The third-order valence-corrected chi connectivity index (χ3v) is 3.76. The lowest BCUT2D eigenvalue weighted by atomic mass is 10.3. The summed E-state index contributed by atoms with van der Waals surface area (Å²) in [5.74, 6) is -0.360. The maximum atomic E-state index is 12.2. The lowest BCUT2D eigenvalue weighted by Crippen LogP contribution is -2.11. The van der Waals surface area contributed by atoms with Gasteiger partial charge < -0.3 is 19.6 Å². The zero-order chi connectivity index (χ0) is 19.4. The highest BCUT2D eigenvalue weighted by atomic mass is 35.5. The van der Waals surface area contributed by atoms with Crippen LogP contribution >= 0.6 is 11.6 Å². The zero-order valence-electron chi connectivity index (χ0n) is 13.7. The van der Waals surface area contributed by atoms with E-state index in [0.717, 1.165) is 0 Å². The van der Waals surface area contributed by atoms with E-state index < -0.39 is 10.8 Å². The number of phenols is 1. The van der Waals surface area contributed by atoms with Crippen LogP contribution in [0.5, 0.6) is 11.5 Å². The summed E-state index contributed by atoms with van der Waals surface area (Å²) in [6, 6.07) is 13.1. The Bertz CT molecular complexity index is 1000. The van der Waals surface area contributed by atoms with Gasteiger partial charge in [0.15, 0.2) is 11.5 Å². The standard InChI is InChI=1S/C18H13ClN2O6/c19-11-5-7-15(22)13(9-11)20-18(23)17-8-6-12(27-17)10-26-16-4-2-1-3-14(16)21(24)25/h1-9,22H,10H2,(H,20,23). The number of anilines is 1. The number of nitro benzene ring substituents is 1. The fourth-order valence-corrected chi connectivity index (χ4v) is 2.42. The number of furan rings is 1. The minimum atomic E-state index is -0.593. The quantitative estimate of drug-likeness (QED) is 0.368. The molecule has 1 aromatic heterocycles. The van der Waals surface area contributed by atoms with Crippen molar-refractivity contribution >= 4 is 28.9 Å². The Labute approximate surface area is 158 Å². The molecule has 0 atom stereocenters. The van der Waals surface area contributed by atoms with E-state index >= 15 is 0 Å². The molecule has 3 rings (SSSR count). The van der Waals surface area contributed by atoms with Gasteiger partial charge in [-0.1, -0.05) is 23.7 Å². The third-order valence-electron chi connectivity index (χ3n) is 3.52. The van der Waals surface area contributed by atoms with Gasteiger partial charge in [-0.25, -0.2) is 0 Å². The van der Waals surface area contributed by atoms with Crippen molar-refractivity contribution in [2.45, 2.75) is 6.61 Å². The van der Waals surface area contributed by atoms with E-state index in [1.165, 1.54) is 48.5 Å². The summed E-state index contributed by atoms with van der Waals surface area (Å²) in [6.07, 6.45) is 0. The van der Waals surface area contributed by atoms with Crippen LogP contribution in [0.3, 0.4) is 0 Å². The second-order valence-corrected chi connectivity index (χ2v) is 5.83. The molecule has 1 heterocycles. The molecule has 0 spiro atoms. The van der Waals surface area contributed by atoms with E-state index in [-0.39, 0.29) is 35.2 Å². The van der Waals surface area contributed by atoms with Crippen LogP contribution in [0.15, 0.2) is 59.0 Å². The van der Waals surface area contributed by atoms with Crippen molar-refractivity contribution in [3.8, 4) is 11.5 Å². The van der Waals surface area contributed by atoms with Gasteiger partial charge >= 0.3 is 5.69 Å². The van der Waals surface area contributed by atoms with Crippen LogP contribution in [0, 0.1) is 10.1 Å². The van der Waals surface area contributed by atoms with Gasteiger partial charge in [-0.15, -0.1) is 0 Å². The van der Waals surface area contributed by atoms with Crippen LogP contribution in [0.4, 0.5) is 11.4 Å². The highest BCUT2D eigenvalue weighted by Crippen LogP contribution is 2.28. The van der Waals surface area contributed by atoms with Crippen molar-refractivity contribution in [3.05, 3.63) is 81.3 Å². The smallest absolute Gasteiger partial charge is 0.310 e. The second-order valence-electron chi connectivity index (χ2n) is 5.40. The van der Waals surface area contributed by atoms with Gasteiger partial charge in [-0.05, 0) is 36.4 Å². The minimum Gasteiger partial charge on any atom is -0.506 e. The van der Waals surface area contributed by atoms with Crippen molar-refractivity contribution in [3.63, 3.8) is 0 Å². The summed E-state index contributed by atoms with van der Waals surface area (Å²) < 4.78 is 10.8. The molecule has 8 nitrogen and oxygen atoms in total. The fourth-order valence-electron chi connectivity index (χ4n) is 2.25. The number of hydrogen-bond acceptors (Lipinski definition) is 6. The SMILES string of the molecule is O=C(Nc1cc(Cl)ccc1O)c1ccc(COc2ccccc2[N+](=O)[O-])o1. The highest BCUT2D eigenvalue weighted by Gasteiger charge is 2.16. The molecular weight excluding hydrogens is 376 g/mol. The predicted octanol–water partition coefficient (Wildman–Crippen LogP) is 4.38. The van der Waals surface area contributed by atoms with Gasteiger partial charge in [0.25, 0.3) is 5.91 Å². The zero-order valence-corrected chi connectivity index (χ0v) is 14.5. The summed E-state index contributed by atoms with van der Waals surface area (Å²) in [5.41, 5.74) is -0.0277. The first kappa shape index (κ1) is 18.3. The molecule has 9 heteroatoms. The van der Waals surface area contributed by atoms with E-state index in [0.29, 0.717) is 10.8 Å². The Morgan fingerprint density at radius 1 is 1.22 bits per heavy atom. The topological polar surface area (TPSA) is 115 Å². The average Bonchev–Trinajstić information content (AvgIpc) is 3.12. The van der Waals surface area contributed by atoms with Gasteiger partial charge in [0.1, 0.15) is 18.1 Å². The molecule has 0 radical (unpaired) electrons. The molecule has 0 aliphatic heterocycles. The number of phenolic OH excluding ortho intramolecular Hbond substituents is 1. The lowest BCUT2D eigenvalue weighted by molar-refractivity contribution is -0.386. The molecule has 27 heavy (non-hydrogen) atoms. The molecule has 138 valence electrons. The van der Waals surface area contributed by atoms with E-state index in [4.69, 9.17) is 20.8 Å². The number of para-hydroxylation sites is 2. The molecule has 0 bridgehead atoms. The maximum Gasteiger partial charge on any atom is 0.310 e. The monoisotopic (exact) mass is 388 g/mol. The van der Waals surface area contributed by atoms with Crippen LogP contribution in [0.25, 0.3) is 0 Å². The minimum absolute atomic E-state index is 0.0180. The molecule has 1 amide bonds. The fraction of sp³-hybridized carbons (Fsp3) is 0.0556. The largest absolute Gasteiger partial charge is 0.506 e. The number of carbonyl (C=O) groups is 1. The first-order valence-corrected chi connectivity index (χ1v) is 8.06. The van der Waals surface area contributed by atoms with Crippen LogP contribution in [-0.4, -0.2) is 15.9 Å². The molecule has 2 aromatic carbocycles. The first-order chi connectivity index (χ1) is 12.9. The lowest BCUT2D eigenvalue weighted by Gasteiger charge is -2.06. The average molecular weight is 389 g/mol. The second kappa shape index (κ2) is 7.79. The van der Waals surface area contributed by atoms with E-state index in [2.05, 4.69) is 5.32 Å². The molecule has 0 saturated carbocycles. The number of benzene rings is 2. The number of nitrogens with zero attached hydrogens (tertiary/aromatic N) is 1. The summed E-state index contributed by atoms with van der Waals surface area (Å²) in [5, 5.41) is 23.5. The van der Waals surface area contributed by atoms with Crippen LogP contribution in [0.1, 0.15) is 16.3 Å². The van der Waals surface area contributed by atoms with Crippen molar-refractivity contribution in [1.29, 1.82) is 0 Å². The van der Waals surface area contributed by atoms with Crippen molar-refractivity contribution < 1.29 is 24.0 Å². The third kappa shape index (κ3) is 4.36. The van der Waals surface area contributed by atoms with E-state index in [9.17, 15) is 20.0 Å². The van der Waals surface area contributed by atoms with Gasteiger partial charge in [0.05, 0.1) is 10.6 Å². The number of nitro groups is 1. The van der Waals surface area contributed by atoms with Crippen molar-refractivity contribution in [1.82, 2.24) is 0 Å². The Morgan fingerprint density at radius 3 is 2.78 bits per heavy atom. The van der Waals surface area contributed by atoms with Gasteiger partial charge in [0.2, 0.25) is 0 Å². The predicted molar refractivity (Wildman–Crippen MR) is 97.2 cm³/mol. The van der Waals surface area contributed by atoms with E-state index in [1.807, 2.05) is 0 Å². The number of carbonyl (C=O) groups excluding carboxylic acids is 1. The Kier molecular flexibility index (Phi) is 5.28. The normalized spacial score (nSPS) is 10.4. The number of rotatable bonds is 6. The molecule has 0 fully saturated rings.